The lowest BCUT2D eigenvalue weighted by Gasteiger charge is -2.28. The molecule has 16 rings (SSSR count). The van der Waals surface area contributed by atoms with Crippen LogP contribution in [-0.4, -0.2) is 0 Å². The lowest BCUT2D eigenvalue weighted by molar-refractivity contribution is 0.308. The zero-order valence-electron chi connectivity index (χ0n) is 82.8. The zero-order chi connectivity index (χ0) is 88.2. The van der Waals surface area contributed by atoms with Gasteiger partial charge in [0.15, 0.2) is 0 Å². The third-order valence-corrected chi connectivity index (χ3v) is 32.3. The van der Waals surface area contributed by atoms with Gasteiger partial charge < -0.3 is 0 Å². The molecule has 0 heteroatoms. The van der Waals surface area contributed by atoms with E-state index in [4.69, 9.17) is 0 Å². The lowest BCUT2D eigenvalue weighted by atomic mass is 9.77. The average molecular weight is 1670 g/mol. The minimum absolute atomic E-state index is 0.841. The molecule has 0 saturated heterocycles. The largest absolute Gasteiger partial charge is 0.0654 e. The van der Waals surface area contributed by atoms with Crippen LogP contribution >= 0.6 is 0 Å². The maximum atomic E-state index is 2.33. The van der Waals surface area contributed by atoms with Gasteiger partial charge in [0.05, 0.1) is 0 Å². The summed E-state index contributed by atoms with van der Waals surface area (Å²) in [4.78, 5) is 0. The lowest BCUT2D eigenvalue weighted by Crippen LogP contribution is -2.13. The Kier molecular flexibility index (Phi) is 46.6. The molecular formula is C124H184. The van der Waals surface area contributed by atoms with Crippen molar-refractivity contribution in [3.63, 3.8) is 0 Å². The van der Waals surface area contributed by atoms with Gasteiger partial charge in [-0.05, 0) is 400 Å². The highest BCUT2D eigenvalue weighted by atomic mass is 14.3. The molecule has 0 heterocycles. The van der Waals surface area contributed by atoms with Gasteiger partial charge in [-0.3, -0.25) is 0 Å². The Labute approximate surface area is 766 Å². The van der Waals surface area contributed by atoms with Gasteiger partial charge in [-0.2, -0.15) is 0 Å². The van der Waals surface area contributed by atoms with Crippen molar-refractivity contribution in [2.45, 2.75) is 441 Å². The number of hydrogen-bond donors (Lipinski definition) is 0. The number of aryl methyl sites for hydroxylation is 8. The topological polar surface area (TPSA) is 0 Å². The van der Waals surface area contributed by atoms with Gasteiger partial charge in [0.25, 0.3) is 0 Å². The zero-order valence-corrected chi connectivity index (χ0v) is 82.8. The summed E-state index contributed by atoms with van der Waals surface area (Å²) in [5.41, 5.74) is 23.6. The van der Waals surface area contributed by atoms with Crippen LogP contribution in [0.3, 0.4) is 0 Å². The van der Waals surface area contributed by atoms with E-state index in [2.05, 4.69) is 305 Å². The second-order valence-electron chi connectivity index (χ2n) is 41.8. The van der Waals surface area contributed by atoms with E-state index >= 15 is 0 Å². The molecular weight excluding hydrogens is 1490 g/mol. The quantitative estimate of drug-likeness (QED) is 0.0713. The highest BCUT2D eigenvalue weighted by Crippen LogP contribution is 2.45. The first kappa shape index (κ1) is 102. The average Bonchev–Trinajstić information content (AvgIpc) is 0.903. The molecule has 0 radical (unpaired) electrons. The Hall–Kier alpha value is -6.24. The highest BCUT2D eigenvalue weighted by molar-refractivity contribution is 5.32. The molecule has 8 aromatic rings. The van der Waals surface area contributed by atoms with Crippen LogP contribution in [0.15, 0.2) is 194 Å². The van der Waals surface area contributed by atoms with Gasteiger partial charge >= 0.3 is 0 Å². The summed E-state index contributed by atoms with van der Waals surface area (Å²) >= 11 is 0. The maximum absolute atomic E-state index is 2.33. The third-order valence-electron chi connectivity index (χ3n) is 32.3. The molecule has 680 valence electrons. The van der Waals surface area contributed by atoms with Gasteiger partial charge in [-0.1, -0.05) is 371 Å². The van der Waals surface area contributed by atoms with E-state index in [0.29, 0.717) is 0 Å². The van der Waals surface area contributed by atoms with Crippen molar-refractivity contribution >= 4 is 0 Å². The van der Waals surface area contributed by atoms with Crippen LogP contribution in [0.4, 0.5) is 0 Å². The van der Waals surface area contributed by atoms with Crippen LogP contribution in [0.2, 0.25) is 0 Å². The van der Waals surface area contributed by atoms with Gasteiger partial charge in [0.1, 0.15) is 0 Å². The molecule has 0 amide bonds. The van der Waals surface area contributed by atoms with Gasteiger partial charge in [0, 0.05) is 0 Å². The summed E-state index contributed by atoms with van der Waals surface area (Å²) in [6.07, 6.45) is 62.4. The Balaban J connectivity index is 0.000000161. The third kappa shape index (κ3) is 36.0. The van der Waals surface area contributed by atoms with E-state index < -0.39 is 0 Å². The monoisotopic (exact) mass is 1670 g/mol. The number of rotatable bonds is 20. The van der Waals surface area contributed by atoms with E-state index in [9.17, 15) is 0 Å². The summed E-state index contributed by atoms with van der Waals surface area (Å²) in [6.45, 7) is 35.9. The van der Waals surface area contributed by atoms with E-state index in [1.165, 1.54) is 327 Å². The molecule has 8 aliphatic carbocycles. The molecule has 0 nitrogen and oxygen atoms in total. The molecule has 0 unspecified atom stereocenters. The smallest absolute Gasteiger partial charge is 0.0162 e. The Morgan fingerprint density at radius 3 is 0.323 bits per heavy atom. The molecule has 8 aromatic carbocycles. The van der Waals surface area contributed by atoms with E-state index in [0.717, 1.165) is 94.7 Å². The summed E-state index contributed by atoms with van der Waals surface area (Å²) in [7, 11) is 0. The molecule has 0 spiro atoms. The van der Waals surface area contributed by atoms with Crippen molar-refractivity contribution in [3.05, 3.63) is 283 Å². The van der Waals surface area contributed by atoms with Gasteiger partial charge in [0.2, 0.25) is 0 Å². The van der Waals surface area contributed by atoms with E-state index in [1.807, 2.05) is 0 Å². The fourth-order valence-electron chi connectivity index (χ4n) is 23.1. The fourth-order valence-corrected chi connectivity index (χ4v) is 23.1. The van der Waals surface area contributed by atoms with E-state index in [1.54, 1.807) is 44.5 Å². The molecule has 8 saturated carbocycles. The van der Waals surface area contributed by atoms with E-state index in [-0.39, 0.29) is 0 Å². The van der Waals surface area contributed by atoms with Crippen LogP contribution in [-0.2, 0) is 0 Å². The Morgan fingerprint density at radius 1 is 0.137 bits per heavy atom. The molecule has 0 atom stereocenters. The van der Waals surface area contributed by atoms with Crippen molar-refractivity contribution in [1.82, 2.24) is 0 Å². The van der Waals surface area contributed by atoms with Crippen molar-refractivity contribution in [1.29, 1.82) is 0 Å². The van der Waals surface area contributed by atoms with Crippen LogP contribution in [0.25, 0.3) is 0 Å². The molecule has 8 fully saturated rings. The Bertz CT molecular complexity index is 3420. The Morgan fingerprint density at radius 2 is 0.234 bits per heavy atom. The first-order valence-electron chi connectivity index (χ1n) is 52.9. The minimum atomic E-state index is 0.841. The highest BCUT2D eigenvalue weighted by Gasteiger charge is 2.29. The van der Waals surface area contributed by atoms with Crippen molar-refractivity contribution < 1.29 is 0 Å². The van der Waals surface area contributed by atoms with Crippen molar-refractivity contribution in [2.75, 3.05) is 0 Å². The van der Waals surface area contributed by atoms with Crippen molar-refractivity contribution in [2.24, 2.45) is 47.3 Å². The van der Waals surface area contributed by atoms with Crippen LogP contribution in [0.5, 0.6) is 0 Å². The molecule has 0 bridgehead atoms. The standard InChI is InChI=1S/4C16H24.4C15H22/c4*1-3-4-14-7-11-16(12-8-14)15-9-5-13(2)6-10-15;4*1-3-13-6-10-15(11-7-13)14-8-4-12(2)5-9-14/h4*5-6,9-10,14,16H,3-4,7-8,11-12H2,1-2H3;4*4-5,8-9,13,15H,3,6-7,10-11H2,1-2H3. The SMILES string of the molecule is CCC1CCC(c2ccc(C)cc2)CC1.CCC1CCC(c2ccc(C)cc2)CC1.CCC1CCC(c2ccc(C)cc2)CC1.CCC1CCC(c2ccc(C)cc2)CC1.CCCC1CCC(c2ccc(C)cc2)CC1.CCCC1CCC(c2ccc(C)cc2)CC1.CCCC1CCC(c2ccc(C)cc2)CC1.CCCC1CCC(c2ccc(C)cc2)CC1. The minimum Gasteiger partial charge on any atom is -0.0654 e. The predicted octanol–water partition coefficient (Wildman–Crippen LogP) is 39.0. The molecule has 124 heavy (non-hydrogen) atoms. The molecule has 0 N–H and O–H groups in total. The fraction of sp³-hybridized carbons (Fsp3) is 0.613. The van der Waals surface area contributed by atoms with Gasteiger partial charge in [-0.25, -0.2) is 0 Å². The normalized spacial score (nSPS) is 26.1. The molecule has 0 aliphatic heterocycles. The second-order valence-corrected chi connectivity index (χ2v) is 41.8. The van der Waals surface area contributed by atoms with Crippen molar-refractivity contribution in [3.8, 4) is 0 Å². The second kappa shape index (κ2) is 56.9. The van der Waals surface area contributed by atoms with Crippen LogP contribution < -0.4 is 0 Å². The maximum Gasteiger partial charge on any atom is -0.0162 e. The summed E-state index contributed by atoms with van der Waals surface area (Å²) < 4.78 is 0. The number of hydrogen-bond acceptors (Lipinski definition) is 0. The predicted molar refractivity (Wildman–Crippen MR) is 548 cm³/mol. The summed E-state index contributed by atoms with van der Waals surface area (Å²) in [5.74, 6) is 14.8. The molecule has 8 aliphatic rings. The van der Waals surface area contributed by atoms with Crippen LogP contribution in [0.1, 0.15) is 474 Å². The first-order valence-corrected chi connectivity index (χ1v) is 52.9. The number of benzene rings is 8. The summed E-state index contributed by atoms with van der Waals surface area (Å²) in [5, 5.41) is 0. The molecule has 0 aromatic heterocycles. The van der Waals surface area contributed by atoms with Crippen LogP contribution in [0, 0.1) is 103 Å². The first-order chi connectivity index (χ1) is 60.3. The summed E-state index contributed by atoms with van der Waals surface area (Å²) in [6, 6.07) is 73.3. The van der Waals surface area contributed by atoms with Gasteiger partial charge in [-0.15, -0.1) is 0 Å².